The minimum Gasteiger partial charge on any atom is -0.372 e. The fourth-order valence-corrected chi connectivity index (χ4v) is 2.58. The van der Waals surface area contributed by atoms with Gasteiger partial charge in [-0.15, -0.1) is 0 Å². The maximum absolute atomic E-state index is 3.25. The number of hydrogen-bond donors (Lipinski definition) is 1. The Morgan fingerprint density at radius 2 is 1.82 bits per heavy atom. The van der Waals surface area contributed by atoms with Crippen molar-refractivity contribution in [3.8, 4) is 0 Å². The van der Waals surface area contributed by atoms with Gasteiger partial charge < -0.3 is 10.2 Å². The van der Waals surface area contributed by atoms with Crippen molar-refractivity contribution in [2.75, 3.05) is 31.6 Å². The second kappa shape index (κ2) is 6.06. The van der Waals surface area contributed by atoms with Crippen molar-refractivity contribution in [3.05, 3.63) is 29.8 Å². The molecule has 1 aliphatic rings. The molecule has 2 nitrogen and oxygen atoms in total. The molecule has 0 aromatic heterocycles. The van der Waals surface area contributed by atoms with Crippen molar-refractivity contribution in [2.45, 2.75) is 26.2 Å². The zero-order valence-electron chi connectivity index (χ0n) is 11.1. The maximum atomic E-state index is 3.25. The summed E-state index contributed by atoms with van der Waals surface area (Å²) in [5.41, 5.74) is 2.74. The second-order valence-corrected chi connectivity index (χ2v) is 5.16. The summed E-state index contributed by atoms with van der Waals surface area (Å²) in [6.07, 6.45) is 4.02. The Labute approximate surface area is 105 Å². The SMILES string of the molecule is CNCCC1CCN(c2ccc(C)cc2)CC1. The van der Waals surface area contributed by atoms with E-state index in [1.807, 2.05) is 7.05 Å². The van der Waals surface area contributed by atoms with Gasteiger partial charge in [-0.25, -0.2) is 0 Å². The van der Waals surface area contributed by atoms with E-state index in [2.05, 4.69) is 41.4 Å². The number of anilines is 1. The van der Waals surface area contributed by atoms with Gasteiger partial charge in [0.05, 0.1) is 0 Å². The van der Waals surface area contributed by atoms with Crippen molar-refractivity contribution in [1.82, 2.24) is 5.32 Å². The molecular weight excluding hydrogens is 208 g/mol. The lowest BCUT2D eigenvalue weighted by Gasteiger charge is -2.33. The molecule has 1 aromatic carbocycles. The molecule has 1 fully saturated rings. The van der Waals surface area contributed by atoms with Crippen LogP contribution in [-0.4, -0.2) is 26.7 Å². The molecule has 1 aliphatic heterocycles. The van der Waals surface area contributed by atoms with Crippen LogP contribution in [0, 0.1) is 12.8 Å². The first-order valence-electron chi connectivity index (χ1n) is 6.76. The predicted molar refractivity (Wildman–Crippen MR) is 74.7 cm³/mol. The lowest BCUT2D eigenvalue weighted by Crippen LogP contribution is -2.34. The molecule has 1 N–H and O–H groups in total. The smallest absolute Gasteiger partial charge is 0.0366 e. The molecule has 0 amide bonds. The lowest BCUT2D eigenvalue weighted by atomic mass is 9.93. The molecule has 1 aromatic rings. The third-order valence-electron chi connectivity index (χ3n) is 3.82. The van der Waals surface area contributed by atoms with Crippen LogP contribution in [0.15, 0.2) is 24.3 Å². The van der Waals surface area contributed by atoms with E-state index in [0.717, 1.165) is 12.5 Å². The van der Waals surface area contributed by atoms with E-state index in [4.69, 9.17) is 0 Å². The molecule has 0 radical (unpaired) electrons. The molecule has 0 unspecified atom stereocenters. The Morgan fingerprint density at radius 1 is 1.18 bits per heavy atom. The Bertz CT molecular complexity index is 323. The molecule has 2 heteroatoms. The van der Waals surface area contributed by atoms with E-state index in [9.17, 15) is 0 Å². The number of piperidine rings is 1. The van der Waals surface area contributed by atoms with E-state index in [-0.39, 0.29) is 0 Å². The van der Waals surface area contributed by atoms with E-state index < -0.39 is 0 Å². The average Bonchev–Trinajstić information content (AvgIpc) is 2.38. The summed E-state index contributed by atoms with van der Waals surface area (Å²) in [7, 11) is 2.04. The van der Waals surface area contributed by atoms with E-state index >= 15 is 0 Å². The topological polar surface area (TPSA) is 15.3 Å². The average molecular weight is 232 g/mol. The van der Waals surface area contributed by atoms with Crippen molar-refractivity contribution in [3.63, 3.8) is 0 Å². The predicted octanol–water partition coefficient (Wildman–Crippen LogP) is 2.82. The monoisotopic (exact) mass is 232 g/mol. The normalized spacial score (nSPS) is 17.4. The summed E-state index contributed by atoms with van der Waals surface area (Å²) < 4.78 is 0. The van der Waals surface area contributed by atoms with Crippen molar-refractivity contribution in [2.24, 2.45) is 5.92 Å². The Kier molecular flexibility index (Phi) is 4.43. The zero-order valence-corrected chi connectivity index (χ0v) is 11.1. The Morgan fingerprint density at radius 3 is 2.41 bits per heavy atom. The van der Waals surface area contributed by atoms with Crippen LogP contribution >= 0.6 is 0 Å². The highest BCUT2D eigenvalue weighted by molar-refractivity contribution is 5.47. The summed E-state index contributed by atoms with van der Waals surface area (Å²) in [5.74, 6) is 0.921. The first-order valence-corrected chi connectivity index (χ1v) is 6.76. The van der Waals surface area contributed by atoms with Gasteiger partial charge in [0.25, 0.3) is 0 Å². The third kappa shape index (κ3) is 3.47. The van der Waals surface area contributed by atoms with Crippen LogP contribution in [0.1, 0.15) is 24.8 Å². The molecule has 1 saturated heterocycles. The molecule has 0 spiro atoms. The maximum Gasteiger partial charge on any atom is 0.0366 e. The summed E-state index contributed by atoms with van der Waals surface area (Å²) in [6, 6.07) is 8.93. The van der Waals surface area contributed by atoms with E-state index in [1.165, 1.54) is 43.6 Å². The number of rotatable bonds is 4. The van der Waals surface area contributed by atoms with Gasteiger partial charge in [0.15, 0.2) is 0 Å². The van der Waals surface area contributed by atoms with Crippen molar-refractivity contribution < 1.29 is 0 Å². The first kappa shape index (κ1) is 12.4. The minimum atomic E-state index is 0.921. The van der Waals surface area contributed by atoms with Crippen LogP contribution in [0.2, 0.25) is 0 Å². The van der Waals surface area contributed by atoms with Crippen molar-refractivity contribution in [1.29, 1.82) is 0 Å². The van der Waals surface area contributed by atoms with Gasteiger partial charge in [0, 0.05) is 18.8 Å². The zero-order chi connectivity index (χ0) is 12.1. The third-order valence-corrected chi connectivity index (χ3v) is 3.82. The van der Waals surface area contributed by atoms with Crippen LogP contribution in [0.4, 0.5) is 5.69 Å². The molecule has 2 rings (SSSR count). The molecule has 0 atom stereocenters. The van der Waals surface area contributed by atoms with Crippen LogP contribution in [0.25, 0.3) is 0 Å². The molecule has 0 bridgehead atoms. The Hall–Kier alpha value is -1.02. The summed E-state index contributed by atoms with van der Waals surface area (Å²) in [6.45, 7) is 5.75. The quantitative estimate of drug-likeness (QED) is 0.858. The van der Waals surface area contributed by atoms with Gasteiger partial charge in [-0.05, 0) is 57.8 Å². The second-order valence-electron chi connectivity index (χ2n) is 5.16. The number of hydrogen-bond acceptors (Lipinski definition) is 2. The van der Waals surface area contributed by atoms with Crippen LogP contribution in [0.5, 0.6) is 0 Å². The van der Waals surface area contributed by atoms with Crippen LogP contribution in [-0.2, 0) is 0 Å². The standard InChI is InChI=1S/C15H24N2/c1-13-3-5-15(6-4-13)17-11-8-14(9-12-17)7-10-16-2/h3-6,14,16H,7-12H2,1-2H3. The number of nitrogens with one attached hydrogen (secondary N) is 1. The van der Waals surface area contributed by atoms with E-state index in [1.54, 1.807) is 0 Å². The largest absolute Gasteiger partial charge is 0.372 e. The van der Waals surface area contributed by atoms with Gasteiger partial charge >= 0.3 is 0 Å². The highest BCUT2D eigenvalue weighted by Gasteiger charge is 2.18. The Balaban J connectivity index is 1.84. The molecule has 0 aliphatic carbocycles. The number of aryl methyl sites for hydroxylation is 1. The summed E-state index contributed by atoms with van der Waals surface area (Å²) in [4.78, 5) is 2.52. The fourth-order valence-electron chi connectivity index (χ4n) is 2.58. The molecular formula is C15H24N2. The van der Waals surface area contributed by atoms with Gasteiger partial charge in [0.1, 0.15) is 0 Å². The van der Waals surface area contributed by atoms with Crippen LogP contribution in [0.3, 0.4) is 0 Å². The van der Waals surface area contributed by atoms with Crippen molar-refractivity contribution >= 4 is 5.69 Å². The highest BCUT2D eigenvalue weighted by atomic mass is 15.1. The number of nitrogens with zero attached hydrogens (tertiary/aromatic N) is 1. The minimum absolute atomic E-state index is 0.921. The van der Waals surface area contributed by atoms with Gasteiger partial charge in [-0.3, -0.25) is 0 Å². The lowest BCUT2D eigenvalue weighted by molar-refractivity contribution is 0.378. The summed E-state index contributed by atoms with van der Waals surface area (Å²) in [5, 5.41) is 3.25. The molecule has 17 heavy (non-hydrogen) atoms. The fraction of sp³-hybridized carbons (Fsp3) is 0.600. The van der Waals surface area contributed by atoms with E-state index in [0.29, 0.717) is 0 Å². The molecule has 1 heterocycles. The van der Waals surface area contributed by atoms with Crippen LogP contribution < -0.4 is 10.2 Å². The summed E-state index contributed by atoms with van der Waals surface area (Å²) >= 11 is 0. The van der Waals surface area contributed by atoms with Gasteiger partial charge in [0.2, 0.25) is 0 Å². The number of benzene rings is 1. The first-order chi connectivity index (χ1) is 8.29. The highest BCUT2D eigenvalue weighted by Crippen LogP contribution is 2.25. The van der Waals surface area contributed by atoms with Gasteiger partial charge in [-0.2, -0.15) is 0 Å². The molecule has 0 saturated carbocycles. The molecule has 94 valence electrons. The van der Waals surface area contributed by atoms with Gasteiger partial charge in [-0.1, -0.05) is 17.7 Å².